The monoisotopic (exact) mass is 362 g/mol. The number of piperidine rings is 1. The highest BCUT2D eigenvalue weighted by Crippen LogP contribution is 2.32. The molecule has 0 bridgehead atoms. The maximum absolute atomic E-state index is 12.5. The molecule has 0 saturated carbocycles. The highest BCUT2D eigenvalue weighted by atomic mass is 16.5. The number of hydrogen-bond donors (Lipinski definition) is 1. The van der Waals surface area contributed by atoms with Crippen LogP contribution in [-0.4, -0.2) is 59.2 Å². The molecule has 1 N–H and O–H groups in total. The number of carbonyl (C=O) groups excluding carboxylic acids is 1. The fourth-order valence-corrected chi connectivity index (χ4v) is 3.65. The molecule has 2 aliphatic heterocycles. The first-order chi connectivity index (χ1) is 12.3. The van der Waals surface area contributed by atoms with Gasteiger partial charge in [-0.25, -0.2) is 4.98 Å². The van der Waals surface area contributed by atoms with Crippen molar-refractivity contribution in [1.82, 2.24) is 14.9 Å². The number of H-pyrrole nitrogens is 1. The Morgan fingerprint density at radius 3 is 2.65 bits per heavy atom. The zero-order chi connectivity index (χ0) is 18.8. The van der Waals surface area contributed by atoms with Crippen LogP contribution in [0.5, 0.6) is 0 Å². The SMILES string of the molecule is CC(C)(C)CCN1CC2(CCN(c3cc(=O)[nH]cn3)CC2)OCCC1=O. The summed E-state index contributed by atoms with van der Waals surface area (Å²) in [6.07, 6.45) is 4.56. The summed E-state index contributed by atoms with van der Waals surface area (Å²) in [6, 6.07) is 1.53. The molecule has 7 heteroatoms. The third-order valence-electron chi connectivity index (χ3n) is 5.35. The average molecular weight is 362 g/mol. The minimum absolute atomic E-state index is 0.139. The average Bonchev–Trinajstić information content (AvgIpc) is 2.72. The summed E-state index contributed by atoms with van der Waals surface area (Å²) in [5.41, 5.74) is -0.211. The van der Waals surface area contributed by atoms with E-state index >= 15 is 0 Å². The smallest absolute Gasteiger partial charge is 0.252 e. The molecule has 0 unspecified atom stereocenters. The Kier molecular flexibility index (Phi) is 5.37. The summed E-state index contributed by atoms with van der Waals surface area (Å²) < 4.78 is 6.19. The number of hydrogen-bond acceptors (Lipinski definition) is 5. The van der Waals surface area contributed by atoms with Crippen LogP contribution in [0.1, 0.15) is 46.5 Å². The molecule has 26 heavy (non-hydrogen) atoms. The third kappa shape index (κ3) is 4.63. The van der Waals surface area contributed by atoms with Crippen LogP contribution in [0.25, 0.3) is 0 Å². The highest BCUT2D eigenvalue weighted by molar-refractivity contribution is 5.76. The number of nitrogens with zero attached hydrogens (tertiary/aromatic N) is 3. The van der Waals surface area contributed by atoms with Crippen LogP contribution in [-0.2, 0) is 9.53 Å². The van der Waals surface area contributed by atoms with Crippen molar-refractivity contribution < 1.29 is 9.53 Å². The number of aromatic nitrogens is 2. The second kappa shape index (κ2) is 7.39. The molecule has 0 aromatic carbocycles. The summed E-state index contributed by atoms with van der Waals surface area (Å²) in [4.78, 5) is 34.9. The third-order valence-corrected chi connectivity index (χ3v) is 5.35. The van der Waals surface area contributed by atoms with Gasteiger partial charge in [0.25, 0.3) is 5.56 Å². The van der Waals surface area contributed by atoms with Crippen molar-refractivity contribution in [1.29, 1.82) is 0 Å². The van der Waals surface area contributed by atoms with Gasteiger partial charge >= 0.3 is 0 Å². The van der Waals surface area contributed by atoms with Gasteiger partial charge in [0.05, 0.1) is 25.0 Å². The topological polar surface area (TPSA) is 78.5 Å². The molecule has 3 rings (SSSR count). The number of nitrogens with one attached hydrogen (secondary N) is 1. The van der Waals surface area contributed by atoms with Crippen molar-refractivity contribution in [2.45, 2.75) is 52.1 Å². The standard InChI is InChI=1S/C19H30N4O3/c1-18(2,3)5-8-23-13-19(26-11-4-17(23)25)6-9-22(10-7-19)15-12-16(24)21-14-20-15/h12,14H,4-11,13H2,1-3H3,(H,20,21,24). The highest BCUT2D eigenvalue weighted by Gasteiger charge is 2.40. The Balaban J connectivity index is 1.66. The first kappa shape index (κ1) is 18.9. The van der Waals surface area contributed by atoms with Gasteiger partial charge in [0.2, 0.25) is 5.91 Å². The molecular weight excluding hydrogens is 332 g/mol. The molecule has 1 aromatic rings. The summed E-state index contributed by atoms with van der Waals surface area (Å²) >= 11 is 0. The molecule has 2 fully saturated rings. The van der Waals surface area contributed by atoms with E-state index in [1.165, 1.54) is 12.4 Å². The van der Waals surface area contributed by atoms with E-state index in [1.54, 1.807) is 0 Å². The van der Waals surface area contributed by atoms with Gasteiger partial charge in [-0.1, -0.05) is 20.8 Å². The molecule has 1 aromatic heterocycles. The van der Waals surface area contributed by atoms with Crippen LogP contribution < -0.4 is 10.5 Å². The minimum atomic E-state index is -0.276. The lowest BCUT2D eigenvalue weighted by atomic mass is 9.89. The van der Waals surface area contributed by atoms with Gasteiger partial charge in [-0.15, -0.1) is 0 Å². The zero-order valence-electron chi connectivity index (χ0n) is 16.1. The van der Waals surface area contributed by atoms with Gasteiger partial charge in [-0.05, 0) is 24.7 Å². The molecular formula is C19H30N4O3. The van der Waals surface area contributed by atoms with Crippen LogP contribution >= 0.6 is 0 Å². The number of ether oxygens (including phenoxy) is 1. The van der Waals surface area contributed by atoms with E-state index < -0.39 is 0 Å². The first-order valence-corrected chi connectivity index (χ1v) is 9.48. The van der Waals surface area contributed by atoms with E-state index in [4.69, 9.17) is 4.74 Å². The fourth-order valence-electron chi connectivity index (χ4n) is 3.65. The van der Waals surface area contributed by atoms with Crippen LogP contribution in [0.15, 0.2) is 17.2 Å². The van der Waals surface area contributed by atoms with E-state index in [1.807, 2.05) is 4.90 Å². The second-order valence-electron chi connectivity index (χ2n) is 8.66. The van der Waals surface area contributed by atoms with Crippen molar-refractivity contribution in [2.24, 2.45) is 5.41 Å². The van der Waals surface area contributed by atoms with Crippen LogP contribution in [0.4, 0.5) is 5.82 Å². The minimum Gasteiger partial charge on any atom is -0.372 e. The maximum atomic E-state index is 12.5. The predicted molar refractivity (Wildman–Crippen MR) is 100 cm³/mol. The number of anilines is 1. The van der Waals surface area contributed by atoms with E-state index in [2.05, 4.69) is 35.6 Å². The lowest BCUT2D eigenvalue weighted by Gasteiger charge is -2.43. The number of rotatable bonds is 3. The summed E-state index contributed by atoms with van der Waals surface area (Å²) in [6.45, 7) is 10.1. The zero-order valence-corrected chi connectivity index (χ0v) is 16.1. The van der Waals surface area contributed by atoms with Gasteiger partial charge < -0.3 is 19.5 Å². The first-order valence-electron chi connectivity index (χ1n) is 9.48. The molecule has 3 heterocycles. The summed E-state index contributed by atoms with van der Waals surface area (Å²) in [7, 11) is 0. The lowest BCUT2D eigenvalue weighted by molar-refractivity contribution is -0.131. The van der Waals surface area contributed by atoms with E-state index in [9.17, 15) is 9.59 Å². The summed E-state index contributed by atoms with van der Waals surface area (Å²) in [5.74, 6) is 0.905. The van der Waals surface area contributed by atoms with Gasteiger partial charge in [0, 0.05) is 32.2 Å². The van der Waals surface area contributed by atoms with Crippen molar-refractivity contribution in [3.8, 4) is 0 Å². The number of aromatic amines is 1. The Morgan fingerprint density at radius 1 is 1.27 bits per heavy atom. The van der Waals surface area contributed by atoms with Crippen molar-refractivity contribution >= 4 is 11.7 Å². The molecule has 0 aliphatic carbocycles. The maximum Gasteiger partial charge on any atom is 0.252 e. The number of carbonyl (C=O) groups is 1. The molecule has 7 nitrogen and oxygen atoms in total. The Bertz CT molecular complexity index is 687. The van der Waals surface area contributed by atoms with E-state index in [0.29, 0.717) is 25.4 Å². The van der Waals surface area contributed by atoms with Crippen LogP contribution in [0.2, 0.25) is 0 Å². The van der Waals surface area contributed by atoms with Crippen LogP contribution in [0.3, 0.4) is 0 Å². The lowest BCUT2D eigenvalue weighted by Crippen LogP contribution is -2.52. The Hall–Kier alpha value is -1.89. The molecule has 1 amide bonds. The Labute approximate surface area is 154 Å². The molecule has 144 valence electrons. The quantitative estimate of drug-likeness (QED) is 0.887. The second-order valence-corrected chi connectivity index (χ2v) is 8.66. The van der Waals surface area contributed by atoms with E-state index in [0.717, 1.165) is 38.9 Å². The van der Waals surface area contributed by atoms with E-state index in [-0.39, 0.29) is 22.5 Å². The molecule has 0 radical (unpaired) electrons. The number of amides is 1. The predicted octanol–water partition coefficient (Wildman–Crippen LogP) is 1.79. The largest absolute Gasteiger partial charge is 0.372 e. The van der Waals surface area contributed by atoms with Crippen molar-refractivity contribution in [2.75, 3.05) is 37.7 Å². The molecule has 1 spiro atoms. The molecule has 0 atom stereocenters. The van der Waals surface area contributed by atoms with Gasteiger partial charge in [0.15, 0.2) is 0 Å². The molecule has 2 saturated heterocycles. The normalized spacial score (nSPS) is 21.1. The summed E-state index contributed by atoms with van der Waals surface area (Å²) in [5, 5.41) is 0. The van der Waals surface area contributed by atoms with Crippen LogP contribution in [0, 0.1) is 5.41 Å². The Morgan fingerprint density at radius 2 is 2.00 bits per heavy atom. The van der Waals surface area contributed by atoms with Gasteiger partial charge in [0.1, 0.15) is 5.82 Å². The van der Waals surface area contributed by atoms with Crippen molar-refractivity contribution in [3.05, 3.63) is 22.7 Å². The molecule has 2 aliphatic rings. The fraction of sp³-hybridized carbons (Fsp3) is 0.737. The van der Waals surface area contributed by atoms with Gasteiger partial charge in [-0.2, -0.15) is 0 Å². The van der Waals surface area contributed by atoms with Crippen molar-refractivity contribution in [3.63, 3.8) is 0 Å². The van der Waals surface area contributed by atoms with Gasteiger partial charge in [-0.3, -0.25) is 9.59 Å².